The number of hydrogen-bond acceptors (Lipinski definition) is 4. The molecule has 0 bridgehead atoms. The second kappa shape index (κ2) is 11.6. The number of carbonyl (C=O) groups is 1. The van der Waals surface area contributed by atoms with Gasteiger partial charge in [-0.15, -0.1) is 0 Å². The fourth-order valence-corrected chi connectivity index (χ4v) is 4.25. The highest BCUT2D eigenvalue weighted by molar-refractivity contribution is 5.92. The second-order valence-electron chi connectivity index (χ2n) is 8.77. The molecule has 4 rings (SSSR count). The smallest absolute Gasteiger partial charge is 0.225 e. The zero-order valence-corrected chi connectivity index (χ0v) is 19.4. The van der Waals surface area contributed by atoms with E-state index in [2.05, 4.69) is 22.5 Å². The van der Waals surface area contributed by atoms with Crippen molar-refractivity contribution in [1.82, 2.24) is 10.3 Å². The van der Waals surface area contributed by atoms with Gasteiger partial charge >= 0.3 is 0 Å². The van der Waals surface area contributed by atoms with E-state index in [1.807, 2.05) is 0 Å². The van der Waals surface area contributed by atoms with E-state index in [0.717, 1.165) is 24.4 Å². The molecule has 3 atom stereocenters. The summed E-state index contributed by atoms with van der Waals surface area (Å²) in [6.45, 7) is 4.92. The third-order valence-electron chi connectivity index (χ3n) is 6.16. The number of morpholine rings is 1. The van der Waals surface area contributed by atoms with Crippen LogP contribution < -0.4 is 10.6 Å². The van der Waals surface area contributed by atoms with E-state index in [1.54, 1.807) is 0 Å². The number of pyridine rings is 1. The Balaban J connectivity index is 1.52. The van der Waals surface area contributed by atoms with E-state index in [-0.39, 0.29) is 41.8 Å². The predicted octanol–water partition coefficient (Wildman–Crippen LogP) is 4.92. The number of nitrogens with zero attached hydrogens (tertiary/aromatic N) is 1. The zero-order chi connectivity index (χ0) is 25.7. The van der Waals surface area contributed by atoms with Gasteiger partial charge in [-0.05, 0) is 61.2 Å². The van der Waals surface area contributed by atoms with Crippen LogP contribution in [0.25, 0.3) is 0 Å². The van der Waals surface area contributed by atoms with Gasteiger partial charge in [0.2, 0.25) is 5.91 Å². The summed E-state index contributed by atoms with van der Waals surface area (Å²) in [5.41, 5.74) is 0.852. The van der Waals surface area contributed by atoms with Crippen LogP contribution in [-0.4, -0.2) is 36.2 Å². The van der Waals surface area contributed by atoms with Gasteiger partial charge in [0.15, 0.2) is 0 Å². The summed E-state index contributed by atoms with van der Waals surface area (Å²) in [6.07, 6.45) is 2.80. The molecule has 189 valence electrons. The van der Waals surface area contributed by atoms with Gasteiger partial charge in [-0.25, -0.2) is 17.6 Å². The van der Waals surface area contributed by atoms with E-state index in [0.29, 0.717) is 25.1 Å². The highest BCUT2D eigenvalue weighted by atomic mass is 19.1. The van der Waals surface area contributed by atoms with E-state index in [9.17, 15) is 22.4 Å². The second-order valence-corrected chi connectivity index (χ2v) is 8.77. The van der Waals surface area contributed by atoms with Gasteiger partial charge in [-0.3, -0.25) is 9.78 Å². The van der Waals surface area contributed by atoms with E-state index < -0.39 is 35.1 Å². The first-order valence-electron chi connectivity index (χ1n) is 11.6. The van der Waals surface area contributed by atoms with Crippen molar-refractivity contribution in [2.45, 2.75) is 37.3 Å². The molecule has 1 radical (unpaired) electrons. The van der Waals surface area contributed by atoms with Crippen LogP contribution >= 0.6 is 0 Å². The summed E-state index contributed by atoms with van der Waals surface area (Å²) >= 11 is 0. The maximum absolute atomic E-state index is 14.6. The zero-order valence-electron chi connectivity index (χ0n) is 19.4. The molecule has 2 N–H and O–H groups in total. The first kappa shape index (κ1) is 25.8. The van der Waals surface area contributed by atoms with Crippen LogP contribution in [-0.2, 0) is 16.0 Å². The Morgan fingerprint density at radius 3 is 2.56 bits per heavy atom. The number of hydrogen-bond donors (Lipinski definition) is 2. The van der Waals surface area contributed by atoms with Crippen molar-refractivity contribution in [3.63, 3.8) is 0 Å². The van der Waals surface area contributed by atoms with Crippen molar-refractivity contribution in [1.29, 1.82) is 0 Å². The molecule has 0 saturated carbocycles. The van der Waals surface area contributed by atoms with E-state index in [4.69, 9.17) is 4.74 Å². The normalized spacial score (nSPS) is 18.6. The number of anilines is 1. The maximum atomic E-state index is 14.6. The van der Waals surface area contributed by atoms with Crippen molar-refractivity contribution in [3.05, 3.63) is 102 Å². The molecule has 5 nitrogen and oxygen atoms in total. The molecule has 1 aliphatic heterocycles. The van der Waals surface area contributed by atoms with Crippen molar-refractivity contribution >= 4 is 11.6 Å². The first-order valence-corrected chi connectivity index (χ1v) is 11.6. The van der Waals surface area contributed by atoms with Gasteiger partial charge in [-0.2, -0.15) is 0 Å². The number of carbonyl (C=O) groups excluding carboxylic acids is 1. The van der Waals surface area contributed by atoms with Gasteiger partial charge in [0.1, 0.15) is 23.3 Å². The number of halogens is 4. The minimum absolute atomic E-state index is 0.00531. The Morgan fingerprint density at radius 1 is 1.08 bits per heavy atom. The van der Waals surface area contributed by atoms with Crippen molar-refractivity contribution in [2.24, 2.45) is 0 Å². The molecular formula is C27H26F4N3O2. The molecule has 1 amide bonds. The lowest BCUT2D eigenvalue weighted by Gasteiger charge is -2.28. The Hall–Kier alpha value is -3.30. The maximum Gasteiger partial charge on any atom is 0.225 e. The number of rotatable bonds is 8. The molecule has 1 saturated heterocycles. The molecule has 1 fully saturated rings. The summed E-state index contributed by atoms with van der Waals surface area (Å²) in [6, 6.07) is 8.19. The van der Waals surface area contributed by atoms with E-state index >= 15 is 0 Å². The molecular weight excluding hydrogens is 474 g/mol. The van der Waals surface area contributed by atoms with Crippen LogP contribution in [0.4, 0.5) is 23.2 Å². The Labute approximate surface area is 206 Å². The quantitative estimate of drug-likeness (QED) is 0.431. The molecule has 0 aliphatic carbocycles. The highest BCUT2D eigenvalue weighted by Gasteiger charge is 2.24. The summed E-state index contributed by atoms with van der Waals surface area (Å²) in [5.74, 6) is -3.89. The van der Waals surface area contributed by atoms with Crippen molar-refractivity contribution < 1.29 is 27.1 Å². The number of amides is 1. The van der Waals surface area contributed by atoms with Crippen LogP contribution in [0.1, 0.15) is 35.4 Å². The monoisotopic (exact) mass is 500 g/mol. The molecule has 3 aromatic rings. The summed E-state index contributed by atoms with van der Waals surface area (Å²) in [7, 11) is 0. The number of aromatic nitrogens is 1. The molecule has 9 heteroatoms. The molecule has 0 unspecified atom stereocenters. The van der Waals surface area contributed by atoms with Crippen molar-refractivity contribution in [3.8, 4) is 0 Å². The largest absolute Gasteiger partial charge is 0.375 e. The topological polar surface area (TPSA) is 63.2 Å². The molecule has 1 aromatic heterocycles. The lowest BCUT2D eigenvalue weighted by atomic mass is 9.87. The third kappa shape index (κ3) is 6.47. The van der Waals surface area contributed by atoms with Gasteiger partial charge in [0, 0.05) is 30.5 Å². The van der Waals surface area contributed by atoms with Gasteiger partial charge in [-0.1, -0.05) is 12.1 Å². The van der Waals surface area contributed by atoms with Crippen LogP contribution in [0.5, 0.6) is 0 Å². The molecule has 1 aliphatic rings. The predicted molar refractivity (Wildman–Crippen MR) is 127 cm³/mol. The average molecular weight is 501 g/mol. The lowest BCUT2D eigenvalue weighted by Crippen LogP contribution is -2.45. The summed E-state index contributed by atoms with van der Waals surface area (Å²) < 4.78 is 62.4. The third-order valence-corrected chi connectivity index (χ3v) is 6.16. The minimum atomic E-state index is -0.899. The average Bonchev–Trinajstić information content (AvgIpc) is 2.85. The fourth-order valence-electron chi connectivity index (χ4n) is 4.25. The van der Waals surface area contributed by atoms with Crippen LogP contribution in [0, 0.1) is 30.2 Å². The number of nitrogens with one attached hydrogen (secondary N) is 2. The van der Waals surface area contributed by atoms with Crippen LogP contribution in [0.15, 0.2) is 54.9 Å². The summed E-state index contributed by atoms with van der Waals surface area (Å²) in [4.78, 5) is 16.9. The van der Waals surface area contributed by atoms with E-state index in [1.165, 1.54) is 30.5 Å². The van der Waals surface area contributed by atoms with Crippen LogP contribution in [0.2, 0.25) is 0 Å². The summed E-state index contributed by atoms with van der Waals surface area (Å²) in [5, 5.41) is 5.87. The standard InChI is InChI=1S/C27H26F4N3O2/c1-16-15-36-20(12-33-16)7-8-21-25(31)13-32-14-26(21)34-27(35)11-22(17-2-4-18(28)5-3-17)23-10-19(29)6-9-24(23)30/h2-6,9-10,13-14,16,20,22,33H,1,7-8,11-12,15H2,(H,34,35)/t16-,20+,22-/m0/s1. The lowest BCUT2D eigenvalue weighted by molar-refractivity contribution is -0.116. The van der Waals surface area contributed by atoms with Crippen LogP contribution in [0.3, 0.4) is 0 Å². The molecule has 0 spiro atoms. The highest BCUT2D eigenvalue weighted by Crippen LogP contribution is 2.32. The number of ether oxygens (including phenoxy) is 1. The fraction of sp³-hybridized carbons (Fsp3) is 0.296. The first-order chi connectivity index (χ1) is 17.3. The Kier molecular flexibility index (Phi) is 8.32. The molecule has 2 aromatic carbocycles. The number of benzene rings is 2. The van der Waals surface area contributed by atoms with Crippen molar-refractivity contribution in [2.75, 3.05) is 18.5 Å². The van der Waals surface area contributed by atoms with Gasteiger partial charge < -0.3 is 15.4 Å². The molecule has 36 heavy (non-hydrogen) atoms. The van der Waals surface area contributed by atoms with Gasteiger partial charge in [0.25, 0.3) is 0 Å². The SMILES string of the molecule is [CH2][C@H]1CO[C@H](CCc2c(F)cncc2NC(=O)C[C@@H](c2ccc(F)cc2)c2cc(F)ccc2F)CN1. The molecule has 2 heterocycles. The van der Waals surface area contributed by atoms with Gasteiger partial charge in [0.05, 0.1) is 30.8 Å². The Morgan fingerprint density at radius 2 is 1.83 bits per heavy atom. The Bertz CT molecular complexity index is 1200. The minimum Gasteiger partial charge on any atom is -0.375 e.